The van der Waals surface area contributed by atoms with E-state index in [-0.39, 0.29) is 5.54 Å². The van der Waals surface area contributed by atoms with Crippen molar-refractivity contribution in [2.24, 2.45) is 0 Å². The SMILES string of the molecule is C=CCC1(Nc2ccccc2)CCN(C)CC1. The lowest BCUT2D eigenvalue weighted by molar-refractivity contribution is 0.206. The highest BCUT2D eigenvalue weighted by Crippen LogP contribution is 2.29. The predicted molar refractivity (Wildman–Crippen MR) is 74.3 cm³/mol. The molecular formula is C15H22N2. The first kappa shape index (κ1) is 12.2. The van der Waals surface area contributed by atoms with E-state index in [2.05, 4.69) is 54.2 Å². The van der Waals surface area contributed by atoms with Gasteiger partial charge in [0.05, 0.1) is 0 Å². The van der Waals surface area contributed by atoms with E-state index in [1.165, 1.54) is 18.5 Å². The average Bonchev–Trinajstić information content (AvgIpc) is 2.35. The van der Waals surface area contributed by atoms with Crippen LogP contribution in [-0.2, 0) is 0 Å². The van der Waals surface area contributed by atoms with Crippen LogP contribution >= 0.6 is 0 Å². The van der Waals surface area contributed by atoms with Crippen molar-refractivity contribution < 1.29 is 0 Å². The molecule has 2 heteroatoms. The van der Waals surface area contributed by atoms with E-state index in [0.29, 0.717) is 0 Å². The predicted octanol–water partition coefficient (Wildman–Crippen LogP) is 3.14. The molecule has 1 N–H and O–H groups in total. The molecule has 0 unspecified atom stereocenters. The lowest BCUT2D eigenvalue weighted by Gasteiger charge is -2.41. The largest absolute Gasteiger partial charge is 0.379 e. The second-order valence-electron chi connectivity index (χ2n) is 5.07. The third kappa shape index (κ3) is 3.10. The van der Waals surface area contributed by atoms with Gasteiger partial charge in [-0.15, -0.1) is 6.58 Å². The third-order valence-corrected chi connectivity index (χ3v) is 3.66. The van der Waals surface area contributed by atoms with Crippen molar-refractivity contribution in [1.29, 1.82) is 0 Å². The summed E-state index contributed by atoms with van der Waals surface area (Å²) in [5.74, 6) is 0. The van der Waals surface area contributed by atoms with Gasteiger partial charge in [0.1, 0.15) is 0 Å². The summed E-state index contributed by atoms with van der Waals surface area (Å²) in [6.07, 6.45) is 5.45. The van der Waals surface area contributed by atoms with Gasteiger partial charge in [0, 0.05) is 24.3 Å². The number of hydrogen-bond donors (Lipinski definition) is 1. The fourth-order valence-corrected chi connectivity index (χ4v) is 2.53. The van der Waals surface area contributed by atoms with Crippen LogP contribution in [-0.4, -0.2) is 30.6 Å². The van der Waals surface area contributed by atoms with Gasteiger partial charge in [-0.25, -0.2) is 0 Å². The first-order chi connectivity index (χ1) is 8.24. The van der Waals surface area contributed by atoms with E-state index >= 15 is 0 Å². The van der Waals surface area contributed by atoms with E-state index in [9.17, 15) is 0 Å². The molecule has 1 saturated heterocycles. The Balaban J connectivity index is 2.09. The zero-order chi connectivity index (χ0) is 12.1. The monoisotopic (exact) mass is 230 g/mol. The van der Waals surface area contributed by atoms with E-state index in [1.54, 1.807) is 0 Å². The molecule has 1 fully saturated rings. The molecule has 2 rings (SSSR count). The van der Waals surface area contributed by atoms with Crippen LogP contribution in [0.15, 0.2) is 43.0 Å². The Labute approximate surface area is 104 Å². The summed E-state index contributed by atoms with van der Waals surface area (Å²) < 4.78 is 0. The molecule has 0 atom stereocenters. The van der Waals surface area contributed by atoms with Crippen LogP contribution < -0.4 is 5.32 Å². The molecule has 1 aromatic carbocycles. The Morgan fingerprint density at radius 1 is 1.29 bits per heavy atom. The number of hydrogen-bond acceptors (Lipinski definition) is 2. The van der Waals surface area contributed by atoms with Gasteiger partial charge in [-0.2, -0.15) is 0 Å². The minimum atomic E-state index is 0.204. The molecule has 1 aromatic rings. The van der Waals surface area contributed by atoms with Crippen LogP contribution in [0.4, 0.5) is 5.69 Å². The lowest BCUT2D eigenvalue weighted by atomic mass is 9.84. The summed E-state index contributed by atoms with van der Waals surface area (Å²) in [6.45, 7) is 6.23. The highest BCUT2D eigenvalue weighted by molar-refractivity contribution is 5.45. The summed E-state index contributed by atoms with van der Waals surface area (Å²) in [7, 11) is 2.19. The smallest absolute Gasteiger partial charge is 0.0432 e. The van der Waals surface area contributed by atoms with Gasteiger partial charge < -0.3 is 10.2 Å². The highest BCUT2D eigenvalue weighted by atomic mass is 15.1. The number of piperidine rings is 1. The first-order valence-corrected chi connectivity index (χ1v) is 6.37. The van der Waals surface area contributed by atoms with Gasteiger partial charge in [-0.3, -0.25) is 0 Å². The average molecular weight is 230 g/mol. The first-order valence-electron chi connectivity index (χ1n) is 6.37. The van der Waals surface area contributed by atoms with Crippen LogP contribution in [0.1, 0.15) is 19.3 Å². The van der Waals surface area contributed by atoms with Crippen molar-refractivity contribution in [2.75, 3.05) is 25.5 Å². The molecule has 0 spiro atoms. The standard InChI is InChI=1S/C15H22N2/c1-3-9-15(10-12-17(2)13-11-15)16-14-7-5-4-6-8-14/h3-8,16H,1,9-13H2,2H3. The molecule has 1 aliphatic rings. The summed E-state index contributed by atoms with van der Waals surface area (Å²) >= 11 is 0. The van der Waals surface area contributed by atoms with E-state index in [4.69, 9.17) is 0 Å². The molecule has 0 aliphatic carbocycles. The summed E-state index contributed by atoms with van der Waals surface area (Å²) in [5.41, 5.74) is 1.43. The molecule has 0 bridgehead atoms. The maximum absolute atomic E-state index is 3.91. The van der Waals surface area contributed by atoms with E-state index < -0.39 is 0 Å². The van der Waals surface area contributed by atoms with Crippen molar-refractivity contribution in [3.05, 3.63) is 43.0 Å². The lowest BCUT2D eigenvalue weighted by Crippen LogP contribution is -2.47. The summed E-state index contributed by atoms with van der Waals surface area (Å²) in [4.78, 5) is 2.40. The third-order valence-electron chi connectivity index (χ3n) is 3.66. The summed E-state index contributed by atoms with van der Waals surface area (Å²) in [6, 6.07) is 10.5. The van der Waals surface area contributed by atoms with Crippen molar-refractivity contribution in [3.8, 4) is 0 Å². The molecule has 92 valence electrons. The van der Waals surface area contributed by atoms with Crippen molar-refractivity contribution >= 4 is 5.69 Å². The van der Waals surface area contributed by atoms with Gasteiger partial charge in [-0.05, 0) is 38.4 Å². The van der Waals surface area contributed by atoms with E-state index in [1.807, 2.05) is 6.08 Å². The minimum absolute atomic E-state index is 0.204. The highest BCUT2D eigenvalue weighted by Gasteiger charge is 2.32. The van der Waals surface area contributed by atoms with Gasteiger partial charge in [-0.1, -0.05) is 24.3 Å². The second kappa shape index (κ2) is 5.37. The van der Waals surface area contributed by atoms with Gasteiger partial charge in [0.15, 0.2) is 0 Å². The minimum Gasteiger partial charge on any atom is -0.379 e. The Bertz CT molecular complexity index is 350. The fraction of sp³-hybridized carbons (Fsp3) is 0.467. The molecule has 0 aromatic heterocycles. The molecule has 1 aliphatic heterocycles. The van der Waals surface area contributed by atoms with Crippen molar-refractivity contribution in [2.45, 2.75) is 24.8 Å². The molecule has 0 saturated carbocycles. The number of anilines is 1. The van der Waals surface area contributed by atoms with Crippen LogP contribution in [0.2, 0.25) is 0 Å². The number of nitrogens with one attached hydrogen (secondary N) is 1. The van der Waals surface area contributed by atoms with Crippen LogP contribution in [0.5, 0.6) is 0 Å². The van der Waals surface area contributed by atoms with Gasteiger partial charge in [0.2, 0.25) is 0 Å². The van der Waals surface area contributed by atoms with Gasteiger partial charge >= 0.3 is 0 Å². The number of nitrogens with zero attached hydrogens (tertiary/aromatic N) is 1. The second-order valence-corrected chi connectivity index (χ2v) is 5.07. The number of rotatable bonds is 4. The molecular weight excluding hydrogens is 208 g/mol. The maximum atomic E-state index is 3.91. The maximum Gasteiger partial charge on any atom is 0.0432 e. The van der Waals surface area contributed by atoms with E-state index in [0.717, 1.165) is 19.5 Å². The Morgan fingerprint density at radius 2 is 1.94 bits per heavy atom. The Hall–Kier alpha value is -1.28. The van der Waals surface area contributed by atoms with Crippen molar-refractivity contribution in [3.63, 3.8) is 0 Å². The fourth-order valence-electron chi connectivity index (χ4n) is 2.53. The van der Waals surface area contributed by atoms with Gasteiger partial charge in [0.25, 0.3) is 0 Å². The molecule has 2 nitrogen and oxygen atoms in total. The topological polar surface area (TPSA) is 15.3 Å². The normalized spacial score (nSPS) is 19.8. The quantitative estimate of drug-likeness (QED) is 0.799. The van der Waals surface area contributed by atoms with Crippen LogP contribution in [0.3, 0.4) is 0 Å². The van der Waals surface area contributed by atoms with Crippen LogP contribution in [0, 0.1) is 0 Å². The number of para-hydroxylation sites is 1. The van der Waals surface area contributed by atoms with Crippen LogP contribution in [0.25, 0.3) is 0 Å². The number of benzene rings is 1. The zero-order valence-electron chi connectivity index (χ0n) is 10.7. The summed E-state index contributed by atoms with van der Waals surface area (Å²) in [5, 5.41) is 3.72. The molecule has 0 radical (unpaired) electrons. The van der Waals surface area contributed by atoms with Crippen molar-refractivity contribution in [1.82, 2.24) is 4.90 Å². The molecule has 17 heavy (non-hydrogen) atoms. The zero-order valence-corrected chi connectivity index (χ0v) is 10.7. The Kier molecular flexibility index (Phi) is 3.85. The molecule has 0 amide bonds. The number of likely N-dealkylation sites (tertiary alicyclic amines) is 1. The Morgan fingerprint density at radius 3 is 2.53 bits per heavy atom. The molecule has 1 heterocycles.